The third kappa shape index (κ3) is 2.09. The summed E-state index contributed by atoms with van der Waals surface area (Å²) in [7, 11) is 0. The normalized spacial score (nSPS) is 22.4. The van der Waals surface area contributed by atoms with Crippen LogP contribution in [0.5, 0.6) is 5.75 Å². The molecule has 4 heteroatoms. The van der Waals surface area contributed by atoms with Gasteiger partial charge in [-0.05, 0) is 35.0 Å². The van der Waals surface area contributed by atoms with Crippen molar-refractivity contribution in [2.45, 2.75) is 25.5 Å². The minimum atomic E-state index is 0.0566. The van der Waals surface area contributed by atoms with E-state index < -0.39 is 0 Å². The molecule has 0 amide bonds. The maximum Gasteiger partial charge on any atom is 0.135 e. The molecule has 3 rings (SSSR count). The highest BCUT2D eigenvalue weighted by Gasteiger charge is 2.28. The summed E-state index contributed by atoms with van der Waals surface area (Å²) in [5.74, 6) is 0.920. The number of ether oxygens (including phenoxy) is 1. The molecule has 0 bridgehead atoms. The fourth-order valence-electron chi connectivity index (χ4n) is 2.27. The van der Waals surface area contributed by atoms with Crippen LogP contribution in [0.25, 0.3) is 0 Å². The molecule has 2 nitrogen and oxygen atoms in total. The van der Waals surface area contributed by atoms with Gasteiger partial charge < -0.3 is 10.5 Å². The van der Waals surface area contributed by atoms with Gasteiger partial charge in [0.25, 0.3) is 0 Å². The maximum absolute atomic E-state index is 6.23. The number of aryl methyl sites for hydroxylation is 1. The highest BCUT2D eigenvalue weighted by Crippen LogP contribution is 2.42. The van der Waals surface area contributed by atoms with Gasteiger partial charge in [-0.3, -0.25) is 0 Å². The van der Waals surface area contributed by atoms with Gasteiger partial charge in [0.05, 0.1) is 0 Å². The number of nitrogens with two attached hydrogens (primary N) is 1. The standard InChI is InChI=1S/C14H14BrNOS/c1-8-10(15)6-14(18-8)13-7-11(16)9-4-2-3-5-12(9)17-13/h2-6,11,13H,7,16H2,1H3/t11-,13?/m0/s1. The summed E-state index contributed by atoms with van der Waals surface area (Å²) in [6.45, 7) is 2.11. The molecule has 0 saturated heterocycles. The van der Waals surface area contributed by atoms with Gasteiger partial charge in [0.15, 0.2) is 0 Å². The van der Waals surface area contributed by atoms with E-state index in [-0.39, 0.29) is 12.1 Å². The number of hydrogen-bond acceptors (Lipinski definition) is 3. The Balaban J connectivity index is 1.94. The Morgan fingerprint density at radius 3 is 2.89 bits per heavy atom. The molecule has 0 fully saturated rings. The average molecular weight is 324 g/mol. The summed E-state index contributed by atoms with van der Waals surface area (Å²) in [5, 5.41) is 0. The van der Waals surface area contributed by atoms with E-state index in [9.17, 15) is 0 Å². The molecule has 2 N–H and O–H groups in total. The Bertz CT molecular complexity index is 561. The molecule has 1 aromatic carbocycles. The lowest BCUT2D eigenvalue weighted by Crippen LogP contribution is -2.23. The van der Waals surface area contributed by atoms with Gasteiger partial charge in [0, 0.05) is 32.3 Å². The third-order valence-corrected chi connectivity index (χ3v) is 5.48. The number of halogens is 1. The lowest BCUT2D eigenvalue weighted by Gasteiger charge is -2.29. The van der Waals surface area contributed by atoms with Gasteiger partial charge in [0.1, 0.15) is 11.9 Å². The molecule has 18 heavy (non-hydrogen) atoms. The summed E-state index contributed by atoms with van der Waals surface area (Å²) in [5.41, 5.74) is 7.34. The van der Waals surface area contributed by atoms with E-state index in [1.54, 1.807) is 11.3 Å². The van der Waals surface area contributed by atoms with Crippen LogP contribution in [0.4, 0.5) is 0 Å². The fraction of sp³-hybridized carbons (Fsp3) is 0.286. The van der Waals surface area contributed by atoms with Crippen molar-refractivity contribution in [1.29, 1.82) is 0 Å². The summed E-state index contributed by atoms with van der Waals surface area (Å²) in [6, 6.07) is 10.2. The highest BCUT2D eigenvalue weighted by molar-refractivity contribution is 9.10. The van der Waals surface area contributed by atoms with Crippen molar-refractivity contribution in [1.82, 2.24) is 0 Å². The zero-order valence-electron chi connectivity index (χ0n) is 10.0. The predicted molar refractivity (Wildman–Crippen MR) is 78.1 cm³/mol. The van der Waals surface area contributed by atoms with E-state index in [1.165, 1.54) is 9.75 Å². The van der Waals surface area contributed by atoms with Crippen LogP contribution in [-0.4, -0.2) is 0 Å². The van der Waals surface area contributed by atoms with E-state index in [2.05, 4.69) is 28.9 Å². The first-order valence-electron chi connectivity index (χ1n) is 5.92. The number of benzene rings is 1. The predicted octanol–water partition coefficient (Wildman–Crippen LogP) is 4.34. The van der Waals surface area contributed by atoms with Crippen LogP contribution < -0.4 is 10.5 Å². The van der Waals surface area contributed by atoms with E-state index in [0.29, 0.717) is 0 Å². The molecule has 0 radical (unpaired) electrons. The van der Waals surface area contributed by atoms with Gasteiger partial charge >= 0.3 is 0 Å². The summed E-state index contributed by atoms with van der Waals surface area (Å²) in [4.78, 5) is 2.52. The molecule has 0 aliphatic carbocycles. The minimum absolute atomic E-state index is 0.0566. The van der Waals surface area contributed by atoms with Crippen LogP contribution in [0.1, 0.15) is 33.9 Å². The van der Waals surface area contributed by atoms with Crippen LogP contribution in [0.2, 0.25) is 0 Å². The van der Waals surface area contributed by atoms with Crippen molar-refractivity contribution in [3.63, 3.8) is 0 Å². The molecule has 2 aromatic rings. The van der Waals surface area contributed by atoms with Crippen LogP contribution in [0.3, 0.4) is 0 Å². The highest BCUT2D eigenvalue weighted by atomic mass is 79.9. The topological polar surface area (TPSA) is 35.2 Å². The molecule has 94 valence electrons. The van der Waals surface area contributed by atoms with E-state index >= 15 is 0 Å². The number of rotatable bonds is 1. The molecular formula is C14H14BrNOS. The van der Waals surface area contributed by atoms with Gasteiger partial charge in [-0.1, -0.05) is 18.2 Å². The minimum Gasteiger partial charge on any atom is -0.484 e. The monoisotopic (exact) mass is 323 g/mol. The maximum atomic E-state index is 6.23. The SMILES string of the molecule is Cc1sc(C2C[C@H](N)c3ccccc3O2)cc1Br. The summed E-state index contributed by atoms with van der Waals surface area (Å²) >= 11 is 5.32. The Kier molecular flexibility index (Phi) is 3.18. The van der Waals surface area contributed by atoms with Crippen molar-refractivity contribution in [3.8, 4) is 5.75 Å². The molecule has 0 spiro atoms. The second kappa shape index (κ2) is 4.68. The Hall–Kier alpha value is -0.840. The van der Waals surface area contributed by atoms with Gasteiger partial charge in [0.2, 0.25) is 0 Å². The molecule has 1 aliphatic heterocycles. The van der Waals surface area contributed by atoms with E-state index in [4.69, 9.17) is 10.5 Å². The van der Waals surface area contributed by atoms with Crippen LogP contribution in [-0.2, 0) is 0 Å². The number of hydrogen-bond donors (Lipinski definition) is 1. The first-order chi connectivity index (χ1) is 8.65. The van der Waals surface area contributed by atoms with E-state index in [0.717, 1.165) is 22.2 Å². The number of thiophene rings is 1. The average Bonchev–Trinajstić information content (AvgIpc) is 2.70. The first kappa shape index (κ1) is 12.2. The molecule has 0 saturated carbocycles. The molecule has 1 aliphatic rings. The lowest BCUT2D eigenvalue weighted by atomic mass is 9.97. The number of fused-ring (bicyclic) bond motifs is 1. The molecule has 2 atom stereocenters. The Morgan fingerprint density at radius 1 is 1.39 bits per heavy atom. The fourth-order valence-corrected chi connectivity index (χ4v) is 3.87. The van der Waals surface area contributed by atoms with Gasteiger partial charge in [-0.25, -0.2) is 0 Å². The second-order valence-corrected chi connectivity index (χ2v) is 6.68. The van der Waals surface area contributed by atoms with Gasteiger partial charge in [-0.15, -0.1) is 11.3 Å². The van der Waals surface area contributed by atoms with Crippen molar-refractivity contribution >= 4 is 27.3 Å². The smallest absolute Gasteiger partial charge is 0.135 e. The summed E-state index contributed by atoms with van der Waals surface area (Å²) < 4.78 is 7.22. The largest absolute Gasteiger partial charge is 0.484 e. The second-order valence-electron chi connectivity index (χ2n) is 4.54. The van der Waals surface area contributed by atoms with Crippen LogP contribution >= 0.6 is 27.3 Å². The molecule has 1 unspecified atom stereocenters. The Labute approximate surface area is 119 Å². The molecule has 2 heterocycles. The van der Waals surface area contributed by atoms with Crippen molar-refractivity contribution < 1.29 is 4.74 Å². The van der Waals surface area contributed by atoms with Gasteiger partial charge in [-0.2, -0.15) is 0 Å². The Morgan fingerprint density at radius 2 is 2.17 bits per heavy atom. The van der Waals surface area contributed by atoms with Crippen molar-refractivity contribution in [2.24, 2.45) is 5.73 Å². The first-order valence-corrected chi connectivity index (χ1v) is 7.53. The molecule has 1 aromatic heterocycles. The zero-order chi connectivity index (χ0) is 12.7. The van der Waals surface area contributed by atoms with E-state index in [1.807, 2.05) is 24.3 Å². The zero-order valence-corrected chi connectivity index (χ0v) is 12.4. The van der Waals surface area contributed by atoms with Crippen LogP contribution in [0.15, 0.2) is 34.8 Å². The summed E-state index contributed by atoms with van der Waals surface area (Å²) in [6.07, 6.45) is 0.911. The van der Waals surface area contributed by atoms with Crippen molar-refractivity contribution in [2.75, 3.05) is 0 Å². The third-order valence-electron chi connectivity index (χ3n) is 3.25. The quantitative estimate of drug-likeness (QED) is 0.847. The lowest BCUT2D eigenvalue weighted by molar-refractivity contribution is 0.165. The number of para-hydroxylation sites is 1. The molecular weight excluding hydrogens is 310 g/mol. The van der Waals surface area contributed by atoms with Crippen molar-refractivity contribution in [3.05, 3.63) is 50.1 Å². The van der Waals surface area contributed by atoms with Crippen LogP contribution in [0, 0.1) is 6.92 Å².